The van der Waals surface area contributed by atoms with E-state index in [9.17, 15) is 29.4 Å². The van der Waals surface area contributed by atoms with E-state index in [-0.39, 0.29) is 76.3 Å². The molecule has 9 heteroatoms. The average molecular weight is 753 g/mol. The molecule has 54 heavy (non-hydrogen) atoms. The van der Waals surface area contributed by atoms with Gasteiger partial charge in [-0.15, -0.1) is 0 Å². The molecule has 9 nitrogen and oxygen atoms in total. The molecule has 5 fully saturated rings. The number of carbonyl (C=O) groups excluding carboxylic acids is 3. The first-order valence-corrected chi connectivity index (χ1v) is 21.4. The lowest BCUT2D eigenvalue weighted by atomic mass is 9.33. The van der Waals surface area contributed by atoms with E-state index in [0.717, 1.165) is 69.8 Å². The summed E-state index contributed by atoms with van der Waals surface area (Å²) >= 11 is 0. The number of Topliss-reactive ketones (excluding diaryl/α,β-unsaturated/α-hetero) is 1. The van der Waals surface area contributed by atoms with Crippen LogP contribution in [-0.2, 0) is 23.9 Å². The molecule has 0 bridgehead atoms. The normalized spacial score (nSPS) is 38.1. The van der Waals surface area contributed by atoms with E-state index in [2.05, 4.69) is 72.5 Å². The molecule has 1 amide bonds. The van der Waals surface area contributed by atoms with Crippen LogP contribution >= 0.6 is 0 Å². The molecule has 0 aromatic rings. The Morgan fingerprint density at radius 1 is 0.889 bits per heavy atom. The van der Waals surface area contributed by atoms with E-state index < -0.39 is 28.9 Å². The average Bonchev–Trinajstić information content (AvgIpc) is 3.80. The maximum Gasteiger partial charge on any atom is 0.309 e. The molecular weight excluding hydrogens is 681 g/mol. The fourth-order valence-electron chi connectivity index (χ4n) is 13.5. The van der Waals surface area contributed by atoms with Crippen molar-refractivity contribution in [3.63, 3.8) is 0 Å². The van der Waals surface area contributed by atoms with Crippen LogP contribution in [0.2, 0.25) is 0 Å². The van der Waals surface area contributed by atoms with Crippen LogP contribution in [0, 0.1) is 56.2 Å². The van der Waals surface area contributed by atoms with E-state index in [1.807, 2.05) is 0 Å². The van der Waals surface area contributed by atoms with Crippen molar-refractivity contribution in [1.29, 1.82) is 0 Å². The van der Waals surface area contributed by atoms with E-state index in [1.54, 1.807) is 13.8 Å². The van der Waals surface area contributed by atoms with Gasteiger partial charge in [-0.1, -0.05) is 54.0 Å². The van der Waals surface area contributed by atoms with Crippen molar-refractivity contribution < 1.29 is 34.1 Å². The summed E-state index contributed by atoms with van der Waals surface area (Å²) in [5, 5.41) is 25.2. The number of hydrogen-bond donors (Lipinski definition) is 3. The van der Waals surface area contributed by atoms with Gasteiger partial charge in [0.25, 0.3) is 0 Å². The monoisotopic (exact) mass is 753 g/mol. The molecule has 9 unspecified atom stereocenters. The smallest absolute Gasteiger partial charge is 0.309 e. The molecule has 0 saturated heterocycles. The number of esters is 1. The minimum absolute atomic E-state index is 0.0149. The highest BCUT2D eigenvalue weighted by Crippen LogP contribution is 2.77. The van der Waals surface area contributed by atoms with E-state index >= 15 is 0 Å². The van der Waals surface area contributed by atoms with Crippen LogP contribution < -0.4 is 5.32 Å². The van der Waals surface area contributed by atoms with Gasteiger partial charge < -0.3 is 20.3 Å². The number of aliphatic carboxylic acids is 1. The van der Waals surface area contributed by atoms with Crippen molar-refractivity contribution in [3.8, 4) is 0 Å². The third-order valence-electron chi connectivity index (χ3n) is 16.9. The maximum atomic E-state index is 14.2. The second-order valence-electron chi connectivity index (χ2n) is 21.4. The Hall–Kier alpha value is -2.26. The summed E-state index contributed by atoms with van der Waals surface area (Å²) in [7, 11) is 0. The quantitative estimate of drug-likeness (QED) is 0.173. The summed E-state index contributed by atoms with van der Waals surface area (Å²) < 4.78 is 6.17. The van der Waals surface area contributed by atoms with Gasteiger partial charge in [0.2, 0.25) is 5.91 Å². The van der Waals surface area contributed by atoms with Gasteiger partial charge in [0.05, 0.1) is 24.5 Å². The molecule has 0 aliphatic heterocycles. The number of rotatable bonds is 12. The van der Waals surface area contributed by atoms with Crippen molar-refractivity contribution in [1.82, 2.24) is 10.2 Å². The van der Waals surface area contributed by atoms with Crippen molar-refractivity contribution >= 4 is 23.6 Å². The fraction of sp³-hybridized carbons (Fsp3) is 0.867. The van der Waals surface area contributed by atoms with Crippen molar-refractivity contribution in [2.24, 2.45) is 56.2 Å². The Bertz CT molecular complexity index is 1560. The number of aliphatic hydroxyl groups is 1. The summed E-state index contributed by atoms with van der Waals surface area (Å²) in [5.74, 6) is -0.104. The van der Waals surface area contributed by atoms with Gasteiger partial charge in [-0.05, 0) is 137 Å². The Kier molecular flexibility index (Phi) is 10.7. The highest BCUT2D eigenvalue weighted by molar-refractivity contribution is 6.00. The summed E-state index contributed by atoms with van der Waals surface area (Å²) in [6.45, 7) is 24.3. The third-order valence-corrected chi connectivity index (χ3v) is 16.9. The molecule has 6 aliphatic carbocycles. The number of ketones is 1. The second-order valence-corrected chi connectivity index (χ2v) is 21.4. The van der Waals surface area contributed by atoms with Gasteiger partial charge in [0.1, 0.15) is 6.10 Å². The number of fused-ring (bicyclic) bond motifs is 7. The van der Waals surface area contributed by atoms with Crippen molar-refractivity contribution in [3.05, 3.63) is 11.1 Å². The molecule has 0 aromatic carbocycles. The van der Waals surface area contributed by atoms with Crippen LogP contribution in [0.3, 0.4) is 0 Å². The Morgan fingerprint density at radius 3 is 2.15 bits per heavy atom. The van der Waals surface area contributed by atoms with Crippen LogP contribution in [0.1, 0.15) is 153 Å². The topological polar surface area (TPSA) is 133 Å². The van der Waals surface area contributed by atoms with Crippen LogP contribution in [-0.4, -0.2) is 76.1 Å². The van der Waals surface area contributed by atoms with E-state index in [4.69, 9.17) is 4.74 Å². The molecule has 9 atom stereocenters. The number of carbonyl (C=O) groups is 4. The lowest BCUT2D eigenvalue weighted by molar-refractivity contribution is -0.235. The summed E-state index contributed by atoms with van der Waals surface area (Å²) in [6, 6.07) is 0.367. The Balaban J connectivity index is 1.27. The molecule has 0 aromatic heterocycles. The highest BCUT2D eigenvalue weighted by atomic mass is 16.5. The number of amides is 1. The first-order chi connectivity index (χ1) is 24.9. The van der Waals surface area contributed by atoms with Gasteiger partial charge in [-0.2, -0.15) is 0 Å². The number of nitrogens with one attached hydrogen (secondary N) is 1. The van der Waals surface area contributed by atoms with E-state index in [1.165, 1.54) is 5.57 Å². The van der Waals surface area contributed by atoms with Crippen molar-refractivity contribution in [2.45, 2.75) is 178 Å². The number of nitrogens with zero attached hydrogens (tertiary/aromatic N) is 1. The number of carboxylic acids is 1. The number of aliphatic hydroxyl groups excluding tert-OH is 1. The Labute approximate surface area is 325 Å². The molecule has 0 spiro atoms. The zero-order chi connectivity index (χ0) is 40.0. The van der Waals surface area contributed by atoms with Crippen molar-refractivity contribution in [2.75, 3.05) is 13.1 Å². The summed E-state index contributed by atoms with van der Waals surface area (Å²) in [5.41, 5.74) is 0.189. The summed E-state index contributed by atoms with van der Waals surface area (Å²) in [4.78, 5) is 54.1. The van der Waals surface area contributed by atoms with Crippen LogP contribution in [0.4, 0.5) is 0 Å². The zero-order valence-corrected chi connectivity index (χ0v) is 35.4. The van der Waals surface area contributed by atoms with Crippen LogP contribution in [0.15, 0.2) is 11.1 Å². The van der Waals surface area contributed by atoms with Crippen LogP contribution in [0.25, 0.3) is 0 Å². The molecule has 5 saturated carbocycles. The number of hydrogen-bond acceptors (Lipinski definition) is 7. The fourth-order valence-corrected chi connectivity index (χ4v) is 13.5. The van der Waals surface area contributed by atoms with E-state index in [0.29, 0.717) is 24.8 Å². The summed E-state index contributed by atoms with van der Waals surface area (Å²) in [6.07, 6.45) is 8.90. The first kappa shape index (κ1) is 41.4. The predicted octanol–water partition coefficient (Wildman–Crippen LogP) is 7.73. The Morgan fingerprint density at radius 2 is 1.56 bits per heavy atom. The minimum Gasteiger partial charge on any atom is -0.481 e. The SMILES string of the molecule is CC(C)C1=C2C3CCC4C5(C)CCC(OC(=O)CC(C)(C)C(=O)O)C(C)(C)C5CCC4(C)C3(C)CCC2(C(O)CN(CC(=O)NC2CC2)C(C)C)CC1=O. The van der Waals surface area contributed by atoms with Gasteiger partial charge in [-0.25, -0.2) is 0 Å². The molecule has 0 radical (unpaired) electrons. The number of carboxylic acid groups (broad SMARTS) is 1. The van der Waals surface area contributed by atoms with Gasteiger partial charge in [0.15, 0.2) is 5.78 Å². The largest absolute Gasteiger partial charge is 0.481 e. The molecule has 3 N–H and O–H groups in total. The highest BCUT2D eigenvalue weighted by Gasteiger charge is 2.71. The minimum atomic E-state index is -1.17. The zero-order valence-electron chi connectivity index (χ0n) is 35.4. The first-order valence-electron chi connectivity index (χ1n) is 21.4. The maximum absolute atomic E-state index is 14.2. The molecular formula is C45H72N2O7. The van der Waals surface area contributed by atoms with Gasteiger partial charge in [-0.3, -0.25) is 24.1 Å². The molecule has 6 rings (SSSR count). The third kappa shape index (κ3) is 6.61. The number of ether oxygens (including phenoxy) is 1. The van der Waals surface area contributed by atoms with Crippen LogP contribution in [0.5, 0.6) is 0 Å². The molecule has 304 valence electrons. The predicted molar refractivity (Wildman–Crippen MR) is 209 cm³/mol. The second kappa shape index (κ2) is 14.0. The standard InChI is InChI=1S/C45H72N2O7/c1-26(2)37-30(48)22-45(33(49)24-47(27(3)4)25-35(50)46-28-12-13-28)21-20-43(10)29(38(37)45)14-15-32-42(9)18-17-34(54-36(51)23-40(5,6)39(52)53)41(7,8)31(42)16-19-44(32,43)11/h26-29,31-34,49H,12-25H2,1-11H3,(H,46,50)(H,52,53). The molecule has 0 heterocycles. The van der Waals surface area contributed by atoms with Gasteiger partial charge >= 0.3 is 11.9 Å². The molecule has 6 aliphatic rings. The number of allylic oxidation sites excluding steroid dienone is 1. The van der Waals surface area contributed by atoms with Gasteiger partial charge in [0, 0.05) is 35.9 Å². The lowest BCUT2D eigenvalue weighted by Gasteiger charge is -2.72. The lowest BCUT2D eigenvalue weighted by Crippen LogP contribution is -2.66.